The van der Waals surface area contributed by atoms with Crippen molar-refractivity contribution in [3.63, 3.8) is 0 Å². The number of piperidine rings is 1. The molecule has 2 aromatic rings. The number of likely N-dealkylation sites (tertiary alicyclic amines) is 1. The largest absolute Gasteiger partial charge is 0.496 e. The van der Waals surface area contributed by atoms with Crippen LogP contribution in [-0.2, 0) is 11.3 Å². The van der Waals surface area contributed by atoms with Gasteiger partial charge in [0.05, 0.1) is 24.4 Å². The highest BCUT2D eigenvalue weighted by Crippen LogP contribution is 2.31. The number of carbonyl (C=O) groups excluding carboxylic acids is 1. The van der Waals surface area contributed by atoms with Gasteiger partial charge in [0.25, 0.3) is 0 Å². The van der Waals surface area contributed by atoms with Crippen LogP contribution in [0.15, 0.2) is 30.3 Å². The second-order valence-electron chi connectivity index (χ2n) is 7.88. The fourth-order valence-electron chi connectivity index (χ4n) is 4.20. The second-order valence-corrected chi connectivity index (χ2v) is 7.88. The van der Waals surface area contributed by atoms with Gasteiger partial charge < -0.3 is 9.64 Å². The third-order valence-corrected chi connectivity index (χ3v) is 5.90. The van der Waals surface area contributed by atoms with Crippen molar-refractivity contribution >= 4 is 5.91 Å². The summed E-state index contributed by atoms with van der Waals surface area (Å²) in [6, 6.07) is 9.18. The van der Waals surface area contributed by atoms with E-state index >= 15 is 0 Å². The predicted octanol–water partition coefficient (Wildman–Crippen LogP) is 4.29. The number of benzene rings is 1. The lowest BCUT2D eigenvalue weighted by molar-refractivity contribution is -0.137. The molecule has 1 amide bonds. The van der Waals surface area contributed by atoms with Gasteiger partial charge in [-0.25, -0.2) is 9.37 Å². The van der Waals surface area contributed by atoms with Crippen molar-refractivity contribution in [2.45, 2.75) is 40.2 Å². The van der Waals surface area contributed by atoms with Gasteiger partial charge in [0.2, 0.25) is 5.91 Å². The van der Waals surface area contributed by atoms with Gasteiger partial charge in [0.15, 0.2) is 0 Å². The van der Waals surface area contributed by atoms with E-state index in [-0.39, 0.29) is 17.6 Å². The van der Waals surface area contributed by atoms with Crippen molar-refractivity contribution in [1.29, 1.82) is 0 Å². The normalized spacial score (nSPS) is 17.0. The highest BCUT2D eigenvalue weighted by molar-refractivity contribution is 5.79. The van der Waals surface area contributed by atoms with Crippen molar-refractivity contribution in [3.8, 4) is 17.0 Å². The fraction of sp³-hybridized carbons (Fsp3) is 0.500. The zero-order valence-electron chi connectivity index (χ0n) is 18.4. The van der Waals surface area contributed by atoms with Crippen LogP contribution in [0.2, 0.25) is 0 Å². The van der Waals surface area contributed by atoms with E-state index in [9.17, 15) is 9.18 Å². The number of rotatable bonds is 7. The highest BCUT2D eigenvalue weighted by atomic mass is 19.1. The smallest absolute Gasteiger partial charge is 0.226 e. The Bertz CT molecular complexity index is 883. The van der Waals surface area contributed by atoms with Gasteiger partial charge in [0.1, 0.15) is 11.6 Å². The van der Waals surface area contributed by atoms with Gasteiger partial charge in [-0.05, 0) is 70.0 Å². The van der Waals surface area contributed by atoms with Crippen LogP contribution in [0.5, 0.6) is 5.75 Å². The predicted molar refractivity (Wildman–Crippen MR) is 117 cm³/mol. The first-order chi connectivity index (χ1) is 14.5. The Morgan fingerprint density at radius 3 is 2.70 bits per heavy atom. The lowest BCUT2D eigenvalue weighted by atomic mass is 9.95. The Kier molecular flexibility index (Phi) is 7.43. The van der Waals surface area contributed by atoms with E-state index in [2.05, 4.69) is 22.0 Å². The van der Waals surface area contributed by atoms with Gasteiger partial charge >= 0.3 is 0 Å². The molecular formula is C24H32FN3O2. The molecule has 30 heavy (non-hydrogen) atoms. The molecule has 0 radical (unpaired) electrons. The lowest BCUT2D eigenvalue weighted by Gasteiger charge is -2.34. The highest BCUT2D eigenvalue weighted by Gasteiger charge is 2.28. The number of hydrogen-bond donors (Lipinski definition) is 0. The summed E-state index contributed by atoms with van der Waals surface area (Å²) in [5.41, 5.74) is 3.05. The maximum absolute atomic E-state index is 13.7. The topological polar surface area (TPSA) is 45.7 Å². The van der Waals surface area contributed by atoms with Gasteiger partial charge in [-0.15, -0.1) is 0 Å². The maximum Gasteiger partial charge on any atom is 0.226 e. The Morgan fingerprint density at radius 1 is 1.27 bits per heavy atom. The molecule has 2 heterocycles. The number of halogens is 1. The van der Waals surface area contributed by atoms with Crippen LogP contribution >= 0.6 is 0 Å². The zero-order valence-corrected chi connectivity index (χ0v) is 18.4. The SMILES string of the molecule is CCN(CC)C(=O)C1CCCN(Cc2ccc(OC)c(-c3ccc(F)c(C)n3)c2)C1. The molecule has 1 aliphatic heterocycles. The average molecular weight is 414 g/mol. The molecule has 0 aliphatic carbocycles. The van der Waals surface area contributed by atoms with Crippen molar-refractivity contribution < 1.29 is 13.9 Å². The van der Waals surface area contributed by atoms with Crippen LogP contribution < -0.4 is 4.74 Å². The fourth-order valence-corrected chi connectivity index (χ4v) is 4.20. The third-order valence-electron chi connectivity index (χ3n) is 5.90. The Labute approximate surface area is 178 Å². The van der Waals surface area contributed by atoms with Crippen molar-refractivity contribution in [2.75, 3.05) is 33.3 Å². The number of carbonyl (C=O) groups is 1. The number of ether oxygens (including phenoxy) is 1. The van der Waals surface area contributed by atoms with Gasteiger partial charge in [0, 0.05) is 31.7 Å². The summed E-state index contributed by atoms with van der Waals surface area (Å²) in [6.45, 7) is 9.78. The van der Waals surface area contributed by atoms with E-state index in [4.69, 9.17) is 4.74 Å². The summed E-state index contributed by atoms with van der Waals surface area (Å²) in [7, 11) is 1.63. The minimum absolute atomic E-state index is 0.0674. The molecule has 1 aliphatic rings. The molecule has 1 aromatic heterocycles. The van der Waals surface area contributed by atoms with Crippen LogP contribution in [0, 0.1) is 18.7 Å². The molecule has 6 heteroatoms. The number of methoxy groups -OCH3 is 1. The molecule has 1 unspecified atom stereocenters. The molecule has 0 bridgehead atoms. The molecule has 3 rings (SSSR count). The standard InChI is InChI=1S/C24H32FN3O2/c1-5-28(6-2)24(29)19-8-7-13-27(16-19)15-18-9-12-23(30-4)20(14-18)22-11-10-21(25)17(3)26-22/h9-12,14,19H,5-8,13,15-16H2,1-4H3. The third kappa shape index (κ3) is 4.98. The first kappa shape index (κ1) is 22.2. The molecule has 162 valence electrons. The summed E-state index contributed by atoms with van der Waals surface area (Å²) in [4.78, 5) is 21.5. The molecule has 5 nitrogen and oxygen atoms in total. The maximum atomic E-state index is 13.7. The number of nitrogens with zero attached hydrogens (tertiary/aromatic N) is 3. The Hall–Kier alpha value is -2.47. The molecular weight excluding hydrogens is 381 g/mol. The van der Waals surface area contributed by atoms with Crippen LogP contribution in [0.25, 0.3) is 11.3 Å². The summed E-state index contributed by atoms with van der Waals surface area (Å²) >= 11 is 0. The Balaban J connectivity index is 1.78. The molecule has 1 atom stereocenters. The quantitative estimate of drug-likeness (QED) is 0.680. The summed E-state index contributed by atoms with van der Waals surface area (Å²) in [6.07, 6.45) is 1.98. The number of pyridine rings is 1. The van der Waals surface area contributed by atoms with E-state index in [1.165, 1.54) is 6.07 Å². The summed E-state index contributed by atoms with van der Waals surface area (Å²) in [5.74, 6) is 0.737. The van der Waals surface area contributed by atoms with Crippen molar-refractivity contribution in [2.24, 2.45) is 5.92 Å². The van der Waals surface area contributed by atoms with E-state index in [0.29, 0.717) is 17.1 Å². The van der Waals surface area contributed by atoms with Crippen molar-refractivity contribution in [1.82, 2.24) is 14.8 Å². The monoisotopic (exact) mass is 413 g/mol. The lowest BCUT2D eigenvalue weighted by Crippen LogP contribution is -2.44. The van der Waals surface area contributed by atoms with Gasteiger partial charge in [-0.2, -0.15) is 0 Å². The van der Waals surface area contributed by atoms with Crippen LogP contribution in [0.3, 0.4) is 0 Å². The minimum atomic E-state index is -0.314. The molecule has 0 saturated carbocycles. The molecule has 1 saturated heterocycles. The Morgan fingerprint density at radius 2 is 2.03 bits per heavy atom. The molecule has 1 aromatic carbocycles. The average Bonchev–Trinajstić information content (AvgIpc) is 2.76. The van der Waals surface area contributed by atoms with Crippen molar-refractivity contribution in [3.05, 3.63) is 47.4 Å². The molecule has 0 N–H and O–H groups in total. The van der Waals surface area contributed by atoms with Gasteiger partial charge in [-0.3, -0.25) is 9.69 Å². The van der Waals surface area contributed by atoms with E-state index in [1.807, 2.05) is 24.8 Å². The number of aryl methyl sites for hydroxylation is 1. The van der Waals surface area contributed by atoms with Crippen LogP contribution in [0.4, 0.5) is 4.39 Å². The number of amides is 1. The zero-order chi connectivity index (χ0) is 21.7. The summed E-state index contributed by atoms with van der Waals surface area (Å²) in [5, 5.41) is 0. The second kappa shape index (κ2) is 10.0. The number of aromatic nitrogens is 1. The first-order valence-electron chi connectivity index (χ1n) is 10.8. The molecule has 0 spiro atoms. The first-order valence-corrected chi connectivity index (χ1v) is 10.8. The summed E-state index contributed by atoms with van der Waals surface area (Å²) < 4.78 is 19.2. The minimum Gasteiger partial charge on any atom is -0.496 e. The van der Waals surface area contributed by atoms with Crippen LogP contribution in [0.1, 0.15) is 37.9 Å². The van der Waals surface area contributed by atoms with E-state index in [1.54, 1.807) is 20.1 Å². The van der Waals surface area contributed by atoms with E-state index < -0.39 is 0 Å². The van der Waals surface area contributed by atoms with E-state index in [0.717, 1.165) is 56.7 Å². The number of hydrogen-bond acceptors (Lipinski definition) is 4. The molecule has 1 fully saturated rings. The van der Waals surface area contributed by atoms with Gasteiger partial charge in [-0.1, -0.05) is 6.07 Å². The van der Waals surface area contributed by atoms with Crippen LogP contribution in [-0.4, -0.2) is 54.0 Å².